The first-order valence-corrected chi connectivity index (χ1v) is 9.51. The molecule has 1 aromatic carbocycles. The number of carbonyl (C=O) groups excluding carboxylic acids is 1. The van der Waals surface area contributed by atoms with Crippen LogP contribution in [-0.2, 0) is 6.61 Å². The molecule has 2 aromatic rings. The van der Waals surface area contributed by atoms with Gasteiger partial charge in [0.2, 0.25) is 0 Å². The van der Waals surface area contributed by atoms with Gasteiger partial charge in [0.05, 0.1) is 7.11 Å². The van der Waals surface area contributed by atoms with Crippen LogP contribution in [0.1, 0.15) is 42.0 Å². The molecule has 0 radical (unpaired) electrons. The molecule has 28 heavy (non-hydrogen) atoms. The molecule has 2 atom stereocenters. The fourth-order valence-electron chi connectivity index (χ4n) is 4.14. The van der Waals surface area contributed by atoms with Gasteiger partial charge in [0, 0.05) is 25.2 Å². The second-order valence-corrected chi connectivity index (χ2v) is 7.38. The van der Waals surface area contributed by atoms with Crippen LogP contribution in [0.15, 0.2) is 40.8 Å². The summed E-state index contributed by atoms with van der Waals surface area (Å²) in [6, 6.07) is 12.3. The minimum atomic E-state index is -0.0650. The van der Waals surface area contributed by atoms with E-state index in [-0.39, 0.29) is 31.0 Å². The van der Waals surface area contributed by atoms with Gasteiger partial charge >= 0.3 is 0 Å². The molecule has 4 rings (SSSR count). The second-order valence-electron chi connectivity index (χ2n) is 7.38. The Labute approximate surface area is 171 Å². The minimum Gasteiger partial charge on any atom is -0.493 e. The summed E-state index contributed by atoms with van der Waals surface area (Å²) in [5.74, 6) is 2.22. The predicted molar refractivity (Wildman–Crippen MR) is 108 cm³/mol. The molecule has 2 unspecified atom stereocenters. The van der Waals surface area contributed by atoms with Crippen LogP contribution in [-0.4, -0.2) is 43.1 Å². The average Bonchev–Trinajstić information content (AvgIpc) is 3.31. The number of fused-ring (bicyclic) bond motifs is 2. The summed E-state index contributed by atoms with van der Waals surface area (Å²) in [5, 5.41) is 3.61. The molecular formula is C21H27ClN2O4. The number of furan rings is 1. The Hall–Kier alpha value is -2.18. The lowest BCUT2D eigenvalue weighted by Gasteiger charge is -2.35. The van der Waals surface area contributed by atoms with Crippen molar-refractivity contribution in [2.75, 3.05) is 14.2 Å². The summed E-state index contributed by atoms with van der Waals surface area (Å²) >= 11 is 0. The second kappa shape index (κ2) is 8.88. The maximum absolute atomic E-state index is 12.8. The molecule has 6 nitrogen and oxygen atoms in total. The number of nitrogens with one attached hydrogen (secondary N) is 1. The van der Waals surface area contributed by atoms with Crippen molar-refractivity contribution in [3.63, 3.8) is 0 Å². The third-order valence-corrected chi connectivity index (χ3v) is 5.63. The number of benzene rings is 1. The molecule has 7 heteroatoms. The summed E-state index contributed by atoms with van der Waals surface area (Å²) in [5.41, 5.74) is 0. The van der Waals surface area contributed by atoms with Crippen LogP contribution in [0, 0.1) is 0 Å². The smallest absolute Gasteiger partial charge is 0.289 e. The maximum Gasteiger partial charge on any atom is 0.289 e. The SMILES string of the molecule is COc1ccccc1OCc1ccc(C(=O)N(C)C2CC3CCC(C2)N3)o1.Cl. The number of para-hydroxylation sites is 2. The zero-order valence-electron chi connectivity index (χ0n) is 16.2. The van der Waals surface area contributed by atoms with Gasteiger partial charge in [-0.15, -0.1) is 12.4 Å². The average molecular weight is 407 g/mol. The molecular weight excluding hydrogens is 380 g/mol. The van der Waals surface area contributed by atoms with Crippen LogP contribution >= 0.6 is 12.4 Å². The number of amides is 1. The monoisotopic (exact) mass is 406 g/mol. The van der Waals surface area contributed by atoms with Crippen molar-refractivity contribution in [1.82, 2.24) is 10.2 Å². The van der Waals surface area contributed by atoms with E-state index in [0.29, 0.717) is 35.1 Å². The number of piperidine rings is 1. The maximum atomic E-state index is 12.8. The highest BCUT2D eigenvalue weighted by molar-refractivity contribution is 5.91. The first-order valence-electron chi connectivity index (χ1n) is 9.51. The van der Waals surface area contributed by atoms with E-state index in [2.05, 4.69) is 5.32 Å². The van der Waals surface area contributed by atoms with Crippen molar-refractivity contribution in [3.05, 3.63) is 47.9 Å². The van der Waals surface area contributed by atoms with Crippen molar-refractivity contribution in [2.24, 2.45) is 0 Å². The topological polar surface area (TPSA) is 63.9 Å². The Balaban J connectivity index is 0.00000225. The van der Waals surface area contributed by atoms with Gasteiger partial charge in [-0.3, -0.25) is 4.79 Å². The Morgan fingerprint density at radius 3 is 2.50 bits per heavy atom. The van der Waals surface area contributed by atoms with Gasteiger partial charge in [0.25, 0.3) is 5.91 Å². The number of hydrogen-bond donors (Lipinski definition) is 1. The van der Waals surface area contributed by atoms with Gasteiger partial charge < -0.3 is 24.1 Å². The number of halogens is 1. The quantitative estimate of drug-likeness (QED) is 0.793. The minimum absolute atomic E-state index is 0. The highest BCUT2D eigenvalue weighted by Crippen LogP contribution is 2.30. The molecule has 2 aliphatic heterocycles. The number of hydrogen-bond acceptors (Lipinski definition) is 5. The van der Waals surface area contributed by atoms with E-state index < -0.39 is 0 Å². The number of ether oxygens (including phenoxy) is 2. The standard InChI is InChI=1S/C21H26N2O4.ClH/c1-23(16-11-14-7-8-15(12-16)22-14)21(24)20-10-9-17(27-20)13-26-19-6-4-3-5-18(19)25-2;/h3-6,9-10,14-16,22H,7-8,11-13H2,1-2H3;1H. The van der Waals surface area contributed by atoms with Crippen LogP contribution in [0.25, 0.3) is 0 Å². The highest BCUT2D eigenvalue weighted by Gasteiger charge is 2.37. The molecule has 3 heterocycles. The summed E-state index contributed by atoms with van der Waals surface area (Å²) in [4.78, 5) is 14.7. The van der Waals surface area contributed by atoms with E-state index in [0.717, 1.165) is 12.8 Å². The van der Waals surface area contributed by atoms with Crippen LogP contribution in [0.2, 0.25) is 0 Å². The lowest BCUT2D eigenvalue weighted by atomic mass is 9.98. The number of rotatable bonds is 6. The molecule has 0 aliphatic carbocycles. The number of methoxy groups -OCH3 is 1. The first kappa shape index (κ1) is 20.6. The van der Waals surface area contributed by atoms with Crippen molar-refractivity contribution in [1.29, 1.82) is 0 Å². The predicted octanol–water partition coefficient (Wildman–Crippen LogP) is 3.64. The molecule has 1 N–H and O–H groups in total. The summed E-state index contributed by atoms with van der Waals surface area (Å²) in [6.07, 6.45) is 4.47. The van der Waals surface area contributed by atoms with Crippen LogP contribution in [0.4, 0.5) is 0 Å². The third-order valence-electron chi connectivity index (χ3n) is 5.63. The normalized spacial score (nSPS) is 23.0. The lowest BCUT2D eigenvalue weighted by molar-refractivity contribution is 0.0645. The molecule has 2 aliphatic rings. The molecule has 152 valence electrons. The molecule has 2 bridgehead atoms. The van der Waals surface area contributed by atoms with E-state index in [9.17, 15) is 4.79 Å². The van der Waals surface area contributed by atoms with Gasteiger partial charge in [-0.25, -0.2) is 0 Å². The van der Waals surface area contributed by atoms with Gasteiger partial charge in [-0.05, 0) is 49.9 Å². The van der Waals surface area contributed by atoms with Gasteiger partial charge in [0.1, 0.15) is 12.4 Å². The Kier molecular flexibility index (Phi) is 6.52. The molecule has 2 saturated heterocycles. The molecule has 2 fully saturated rings. The highest BCUT2D eigenvalue weighted by atomic mass is 35.5. The van der Waals surface area contributed by atoms with E-state index in [1.54, 1.807) is 19.2 Å². The summed E-state index contributed by atoms with van der Waals surface area (Å²) in [6.45, 7) is 0.245. The van der Waals surface area contributed by atoms with Crippen LogP contribution in [0.3, 0.4) is 0 Å². The molecule has 0 saturated carbocycles. The van der Waals surface area contributed by atoms with E-state index in [4.69, 9.17) is 13.9 Å². The van der Waals surface area contributed by atoms with E-state index >= 15 is 0 Å². The van der Waals surface area contributed by atoms with Crippen LogP contribution in [0.5, 0.6) is 11.5 Å². The van der Waals surface area contributed by atoms with Crippen molar-refractivity contribution in [2.45, 2.75) is 50.4 Å². The Morgan fingerprint density at radius 1 is 1.14 bits per heavy atom. The number of nitrogens with zero attached hydrogens (tertiary/aromatic N) is 1. The number of carbonyl (C=O) groups is 1. The Bertz CT molecular complexity index is 797. The molecule has 1 aromatic heterocycles. The largest absolute Gasteiger partial charge is 0.493 e. The van der Waals surface area contributed by atoms with Crippen molar-refractivity contribution in [3.8, 4) is 11.5 Å². The summed E-state index contributed by atoms with van der Waals surface area (Å²) in [7, 11) is 3.49. The van der Waals surface area contributed by atoms with Crippen molar-refractivity contribution < 1.29 is 18.7 Å². The van der Waals surface area contributed by atoms with Gasteiger partial charge in [-0.2, -0.15) is 0 Å². The van der Waals surface area contributed by atoms with Crippen molar-refractivity contribution >= 4 is 18.3 Å². The fourth-order valence-corrected chi connectivity index (χ4v) is 4.14. The Morgan fingerprint density at radius 2 is 1.82 bits per heavy atom. The van der Waals surface area contributed by atoms with E-state index in [1.807, 2.05) is 36.2 Å². The lowest BCUT2D eigenvalue weighted by Crippen LogP contribution is -2.48. The summed E-state index contributed by atoms with van der Waals surface area (Å²) < 4.78 is 16.8. The fraction of sp³-hybridized carbons (Fsp3) is 0.476. The third kappa shape index (κ3) is 4.28. The van der Waals surface area contributed by atoms with Gasteiger partial charge in [-0.1, -0.05) is 12.1 Å². The van der Waals surface area contributed by atoms with E-state index in [1.165, 1.54) is 12.8 Å². The molecule has 1 amide bonds. The zero-order chi connectivity index (χ0) is 18.8. The van der Waals surface area contributed by atoms with Crippen LogP contribution < -0.4 is 14.8 Å². The van der Waals surface area contributed by atoms with Gasteiger partial charge in [0.15, 0.2) is 17.3 Å². The zero-order valence-corrected chi connectivity index (χ0v) is 17.0. The molecule has 0 spiro atoms. The first-order chi connectivity index (χ1) is 13.1.